The summed E-state index contributed by atoms with van der Waals surface area (Å²) in [7, 11) is 0. The molecule has 5 heterocycles. The first kappa shape index (κ1) is 44.2. The van der Waals surface area contributed by atoms with Crippen molar-refractivity contribution in [2.45, 2.75) is 97.3 Å². The minimum atomic E-state index is -0.621. The predicted octanol–water partition coefficient (Wildman–Crippen LogP) is 6.35. The summed E-state index contributed by atoms with van der Waals surface area (Å²) in [5, 5.41) is 5.40. The molecule has 63 heavy (non-hydrogen) atoms. The lowest BCUT2D eigenvalue weighted by Gasteiger charge is -2.43. The minimum absolute atomic E-state index is 0.145. The van der Waals surface area contributed by atoms with Crippen molar-refractivity contribution in [3.05, 3.63) is 116 Å². The zero-order chi connectivity index (χ0) is 44.2. The number of imide groups is 1. The number of amides is 3. The first-order valence-corrected chi connectivity index (χ1v) is 22.9. The number of nitrogens with one attached hydrogen (secondary N) is 3. The van der Waals surface area contributed by atoms with E-state index in [1.54, 1.807) is 12.1 Å². The molecule has 0 spiro atoms. The zero-order valence-corrected chi connectivity index (χ0v) is 37.2. The number of benzene rings is 3. The summed E-state index contributed by atoms with van der Waals surface area (Å²) in [5.41, 5.74) is 9.09. The Kier molecular flexibility index (Phi) is 13.7. The highest BCUT2D eigenvalue weighted by Crippen LogP contribution is 2.35. The Morgan fingerprint density at radius 3 is 2.25 bits per heavy atom. The Bertz CT molecular complexity index is 2360. The lowest BCUT2D eigenvalue weighted by molar-refractivity contribution is -0.134. The van der Waals surface area contributed by atoms with Crippen LogP contribution in [0.3, 0.4) is 0 Å². The molecule has 0 bridgehead atoms. The fourth-order valence-corrected chi connectivity index (χ4v) is 10.2. The van der Waals surface area contributed by atoms with E-state index in [-0.39, 0.29) is 36.2 Å². The van der Waals surface area contributed by atoms with Gasteiger partial charge in [-0.25, -0.2) is 4.39 Å². The van der Waals surface area contributed by atoms with Gasteiger partial charge in [0.2, 0.25) is 11.8 Å². The average molecular weight is 860 g/mol. The molecule has 3 aromatic carbocycles. The number of piperazine rings is 1. The number of aromatic amines is 1. The third-order valence-corrected chi connectivity index (χ3v) is 13.9. The second kappa shape index (κ2) is 19.6. The van der Waals surface area contributed by atoms with Crippen LogP contribution in [0.1, 0.15) is 95.2 Å². The van der Waals surface area contributed by atoms with Crippen molar-refractivity contribution in [3.8, 4) is 11.1 Å². The van der Waals surface area contributed by atoms with Crippen molar-refractivity contribution in [2.75, 3.05) is 68.8 Å². The topological polar surface area (TPSA) is 130 Å². The Labute approximate surface area is 370 Å². The van der Waals surface area contributed by atoms with Crippen molar-refractivity contribution in [1.29, 1.82) is 0 Å². The Balaban J connectivity index is 0.893. The van der Waals surface area contributed by atoms with Gasteiger partial charge in [0, 0.05) is 111 Å². The second-order valence-electron chi connectivity index (χ2n) is 17.9. The molecule has 8 rings (SSSR count). The molecule has 4 saturated heterocycles. The van der Waals surface area contributed by atoms with Crippen LogP contribution < -0.4 is 26.0 Å². The van der Waals surface area contributed by atoms with Crippen LogP contribution in [0.15, 0.2) is 65.5 Å². The number of carbonyl (C=O) groups excluding carboxylic acids is 3. The highest BCUT2D eigenvalue weighted by atomic mass is 19.1. The van der Waals surface area contributed by atoms with Crippen LogP contribution in [0, 0.1) is 26.6 Å². The first-order chi connectivity index (χ1) is 30.4. The molecule has 0 aliphatic carbocycles. The van der Waals surface area contributed by atoms with Gasteiger partial charge in [0.15, 0.2) is 0 Å². The fraction of sp³-hybridized carbons (Fsp3) is 0.480. The molecule has 3 amide bonds. The van der Waals surface area contributed by atoms with Crippen LogP contribution in [-0.2, 0) is 27.4 Å². The number of carbonyl (C=O) groups is 3. The maximum atomic E-state index is 15.2. The molecule has 12 nitrogen and oxygen atoms in total. The van der Waals surface area contributed by atoms with E-state index in [4.69, 9.17) is 4.74 Å². The van der Waals surface area contributed by atoms with Crippen molar-refractivity contribution in [1.82, 2.24) is 25.4 Å². The van der Waals surface area contributed by atoms with Crippen molar-refractivity contribution < 1.29 is 23.5 Å². The van der Waals surface area contributed by atoms with Gasteiger partial charge in [-0.2, -0.15) is 0 Å². The fourth-order valence-electron chi connectivity index (χ4n) is 10.2. The van der Waals surface area contributed by atoms with Crippen LogP contribution in [0.4, 0.5) is 15.8 Å². The van der Waals surface area contributed by atoms with E-state index in [1.165, 1.54) is 5.69 Å². The van der Waals surface area contributed by atoms with Crippen molar-refractivity contribution in [3.63, 3.8) is 0 Å². The Morgan fingerprint density at radius 2 is 1.59 bits per heavy atom. The SMILES string of the molecule is CCN(c1cc(-c2ccc(N3CCN(C4CCN(Cc5ccc(C6CCC(=O)NC6=O)c(F)c5)CC4)CC3)cc2)cc(C(=O)NCc2c(C)cc(C)[nH]c2=O)c1C)C1CCOCC1. The van der Waals surface area contributed by atoms with Gasteiger partial charge in [0.25, 0.3) is 11.5 Å². The van der Waals surface area contributed by atoms with Crippen LogP contribution >= 0.6 is 0 Å². The molecule has 4 aliphatic heterocycles. The average Bonchev–Trinajstić information content (AvgIpc) is 3.28. The number of hydrogen-bond donors (Lipinski definition) is 3. The zero-order valence-electron chi connectivity index (χ0n) is 37.2. The third kappa shape index (κ3) is 10.1. The molecule has 0 radical (unpaired) electrons. The second-order valence-corrected chi connectivity index (χ2v) is 17.9. The molecular weight excluding hydrogens is 798 g/mol. The van der Waals surface area contributed by atoms with Crippen LogP contribution in [0.2, 0.25) is 0 Å². The first-order valence-electron chi connectivity index (χ1n) is 22.9. The molecule has 334 valence electrons. The van der Waals surface area contributed by atoms with E-state index in [0.29, 0.717) is 41.7 Å². The number of aryl methyl sites for hydroxylation is 2. The van der Waals surface area contributed by atoms with Gasteiger partial charge in [-0.1, -0.05) is 24.3 Å². The van der Waals surface area contributed by atoms with Gasteiger partial charge in [-0.15, -0.1) is 0 Å². The monoisotopic (exact) mass is 859 g/mol. The summed E-state index contributed by atoms with van der Waals surface area (Å²) in [5.74, 6) is -1.91. The number of ether oxygens (including phenoxy) is 1. The summed E-state index contributed by atoms with van der Waals surface area (Å²) < 4.78 is 20.9. The molecule has 4 aromatic rings. The minimum Gasteiger partial charge on any atom is -0.381 e. The van der Waals surface area contributed by atoms with E-state index in [0.717, 1.165) is 124 Å². The molecule has 1 unspecified atom stereocenters. The molecule has 4 fully saturated rings. The molecule has 1 aromatic heterocycles. The number of pyridine rings is 1. The Morgan fingerprint density at radius 1 is 0.857 bits per heavy atom. The molecule has 0 saturated carbocycles. The summed E-state index contributed by atoms with van der Waals surface area (Å²) >= 11 is 0. The van der Waals surface area contributed by atoms with E-state index in [1.807, 2.05) is 39.0 Å². The quantitative estimate of drug-likeness (QED) is 0.140. The third-order valence-electron chi connectivity index (χ3n) is 13.9. The molecule has 1 atom stereocenters. The number of H-pyrrole nitrogens is 1. The molecule has 3 N–H and O–H groups in total. The lowest BCUT2D eigenvalue weighted by Crippen LogP contribution is -2.53. The smallest absolute Gasteiger partial charge is 0.253 e. The summed E-state index contributed by atoms with van der Waals surface area (Å²) in [6, 6.07) is 20.9. The van der Waals surface area contributed by atoms with Gasteiger partial charge in [-0.3, -0.25) is 34.3 Å². The Hall–Kier alpha value is -5.37. The van der Waals surface area contributed by atoms with Crippen LogP contribution in [-0.4, -0.2) is 104 Å². The van der Waals surface area contributed by atoms with Gasteiger partial charge in [-0.05, 0) is 137 Å². The number of likely N-dealkylation sites (tertiary alicyclic amines) is 1. The summed E-state index contributed by atoms with van der Waals surface area (Å²) in [6.07, 6.45) is 4.57. The highest BCUT2D eigenvalue weighted by molar-refractivity contribution is 6.01. The van der Waals surface area contributed by atoms with E-state index >= 15 is 4.39 Å². The van der Waals surface area contributed by atoms with Gasteiger partial charge < -0.3 is 24.8 Å². The van der Waals surface area contributed by atoms with E-state index in [2.05, 4.69) is 72.5 Å². The van der Waals surface area contributed by atoms with Crippen LogP contribution in [0.5, 0.6) is 0 Å². The normalized spacial score (nSPS) is 19.6. The summed E-state index contributed by atoms with van der Waals surface area (Å²) in [4.78, 5) is 63.4. The largest absolute Gasteiger partial charge is 0.381 e. The highest BCUT2D eigenvalue weighted by Gasteiger charge is 2.31. The lowest BCUT2D eigenvalue weighted by atomic mass is 9.89. The van der Waals surface area contributed by atoms with Crippen molar-refractivity contribution in [2.24, 2.45) is 0 Å². The number of aromatic nitrogens is 1. The number of halogens is 1. The molecular formula is C50H62FN7O5. The number of nitrogens with zero attached hydrogens (tertiary/aromatic N) is 4. The molecule has 4 aliphatic rings. The summed E-state index contributed by atoms with van der Waals surface area (Å²) in [6.45, 7) is 16.8. The van der Waals surface area contributed by atoms with Crippen LogP contribution in [0.25, 0.3) is 11.1 Å². The van der Waals surface area contributed by atoms with Crippen molar-refractivity contribution >= 4 is 29.1 Å². The number of anilines is 2. The van der Waals surface area contributed by atoms with E-state index in [9.17, 15) is 19.2 Å². The maximum absolute atomic E-state index is 15.2. The number of hydrogen-bond acceptors (Lipinski definition) is 9. The predicted molar refractivity (Wildman–Crippen MR) is 245 cm³/mol. The van der Waals surface area contributed by atoms with Gasteiger partial charge in [0.1, 0.15) is 5.82 Å². The maximum Gasteiger partial charge on any atom is 0.253 e. The molecule has 13 heteroatoms. The van der Waals surface area contributed by atoms with E-state index < -0.39 is 11.8 Å². The van der Waals surface area contributed by atoms with Gasteiger partial charge >= 0.3 is 0 Å². The number of rotatable bonds is 12. The standard InChI is InChI=1S/C50H62FN7O5/c1-5-58(40-16-24-63-25-17-40)46-29-37(28-43(34(46)4)48(60)52-30-44-32(2)26-33(3)53-50(44)62)36-7-9-38(10-8-36)56-20-22-57(23-21-56)39-14-18-55(19-15-39)31-35-6-11-41(45(51)27-35)42-12-13-47(59)54-49(42)61/h6-11,26-29,39-40,42H,5,12-25,30-31H2,1-4H3,(H,52,60)(H,53,62)(H,54,59,61). The van der Waals surface area contributed by atoms with Gasteiger partial charge in [0.05, 0.1) is 5.92 Å². The number of piperidine rings is 2.